The van der Waals surface area contributed by atoms with Gasteiger partial charge in [0.2, 0.25) is 0 Å². The number of nitrogens with one attached hydrogen (secondary N) is 1. The molecule has 0 aliphatic rings. The Morgan fingerprint density at radius 2 is 1.87 bits per heavy atom. The molecule has 2 rings (SSSR count). The predicted molar refractivity (Wildman–Crippen MR) is 64.6 cm³/mol. The molecule has 0 saturated heterocycles. The van der Waals surface area contributed by atoms with Crippen LogP contribution in [0.2, 0.25) is 0 Å². The lowest BCUT2D eigenvalue weighted by Gasteiger charge is -2.10. The van der Waals surface area contributed by atoms with Crippen molar-refractivity contribution in [2.24, 2.45) is 0 Å². The molecule has 1 atom stereocenters. The van der Waals surface area contributed by atoms with Crippen LogP contribution in [0.25, 0.3) is 10.8 Å². The Hall–Kier alpha value is -1.78. The van der Waals surface area contributed by atoms with E-state index in [2.05, 4.69) is 41.6 Å². The van der Waals surface area contributed by atoms with Crippen molar-refractivity contribution in [3.63, 3.8) is 0 Å². The van der Waals surface area contributed by atoms with Crippen LogP contribution < -0.4 is 5.32 Å². The molecule has 0 aliphatic heterocycles. The summed E-state index contributed by atoms with van der Waals surface area (Å²) in [5.74, 6) is 2.72. The fraction of sp³-hybridized carbons (Fsp3) is 0.143. The quantitative estimate of drug-likeness (QED) is 0.726. The minimum absolute atomic E-state index is 0.00499. The Labute approximate surface area is 90.1 Å². The molecular weight excluding hydrogens is 182 g/mol. The first-order valence-corrected chi connectivity index (χ1v) is 4.97. The van der Waals surface area contributed by atoms with E-state index in [4.69, 9.17) is 6.42 Å². The van der Waals surface area contributed by atoms with Crippen LogP contribution in [0.4, 0.5) is 0 Å². The maximum absolute atomic E-state index is 5.45. The van der Waals surface area contributed by atoms with Gasteiger partial charge in [0, 0.05) is 0 Å². The van der Waals surface area contributed by atoms with Crippen LogP contribution in [-0.2, 0) is 0 Å². The lowest BCUT2D eigenvalue weighted by atomic mass is 10.0. The van der Waals surface area contributed by atoms with Crippen LogP contribution >= 0.6 is 0 Å². The molecule has 0 saturated carbocycles. The second-order valence-corrected chi connectivity index (χ2v) is 3.49. The first kappa shape index (κ1) is 9.76. The average Bonchev–Trinajstić information content (AvgIpc) is 2.30. The molecule has 74 valence electrons. The largest absolute Gasteiger partial charge is 0.303 e. The summed E-state index contributed by atoms with van der Waals surface area (Å²) in [7, 11) is 1.87. The average molecular weight is 195 g/mol. The van der Waals surface area contributed by atoms with E-state index in [-0.39, 0.29) is 6.04 Å². The molecule has 0 radical (unpaired) electrons. The first-order chi connectivity index (χ1) is 7.35. The summed E-state index contributed by atoms with van der Waals surface area (Å²) >= 11 is 0. The number of rotatable bonds is 2. The van der Waals surface area contributed by atoms with Crippen molar-refractivity contribution in [2.45, 2.75) is 6.04 Å². The van der Waals surface area contributed by atoms with Crippen LogP contribution in [-0.4, -0.2) is 7.05 Å². The summed E-state index contributed by atoms with van der Waals surface area (Å²) in [5, 5.41) is 5.57. The molecule has 0 heterocycles. The molecule has 1 unspecified atom stereocenters. The molecule has 0 aliphatic carbocycles. The third kappa shape index (κ3) is 1.86. The monoisotopic (exact) mass is 195 g/mol. The minimum atomic E-state index is -0.00499. The minimum Gasteiger partial charge on any atom is -0.303 e. The van der Waals surface area contributed by atoms with Gasteiger partial charge in [-0.3, -0.25) is 0 Å². The van der Waals surface area contributed by atoms with Gasteiger partial charge in [-0.05, 0) is 29.4 Å². The Balaban J connectivity index is 2.52. The van der Waals surface area contributed by atoms with Crippen LogP contribution in [0.1, 0.15) is 11.6 Å². The summed E-state index contributed by atoms with van der Waals surface area (Å²) < 4.78 is 0. The van der Waals surface area contributed by atoms with Crippen molar-refractivity contribution < 1.29 is 0 Å². The number of hydrogen-bond acceptors (Lipinski definition) is 1. The molecule has 2 aromatic rings. The highest BCUT2D eigenvalue weighted by Crippen LogP contribution is 2.19. The third-order valence-electron chi connectivity index (χ3n) is 2.56. The van der Waals surface area contributed by atoms with Gasteiger partial charge in [-0.25, -0.2) is 0 Å². The van der Waals surface area contributed by atoms with Gasteiger partial charge in [0.1, 0.15) is 0 Å². The Bertz CT molecular complexity index is 508. The molecule has 1 N–H and O–H groups in total. The second kappa shape index (κ2) is 4.16. The zero-order valence-corrected chi connectivity index (χ0v) is 8.70. The number of hydrogen-bond donors (Lipinski definition) is 1. The van der Waals surface area contributed by atoms with Crippen LogP contribution in [0, 0.1) is 12.3 Å². The van der Waals surface area contributed by atoms with Gasteiger partial charge in [0.25, 0.3) is 0 Å². The molecular formula is C14H13N. The smallest absolute Gasteiger partial charge is 0.0941 e. The van der Waals surface area contributed by atoms with Crippen molar-refractivity contribution in [1.29, 1.82) is 0 Å². The highest BCUT2D eigenvalue weighted by molar-refractivity contribution is 5.83. The zero-order chi connectivity index (χ0) is 10.7. The molecule has 0 spiro atoms. The zero-order valence-electron chi connectivity index (χ0n) is 8.70. The summed E-state index contributed by atoms with van der Waals surface area (Å²) in [6, 6.07) is 14.6. The van der Waals surface area contributed by atoms with Crippen LogP contribution in [0.5, 0.6) is 0 Å². The normalized spacial score (nSPS) is 12.3. The SMILES string of the molecule is C#CC(NC)c1ccc2ccccc2c1. The molecule has 0 amide bonds. The van der Waals surface area contributed by atoms with Gasteiger partial charge in [0.15, 0.2) is 0 Å². The van der Waals surface area contributed by atoms with E-state index in [1.54, 1.807) is 0 Å². The van der Waals surface area contributed by atoms with Crippen molar-refractivity contribution in [2.75, 3.05) is 7.05 Å². The molecule has 15 heavy (non-hydrogen) atoms. The topological polar surface area (TPSA) is 12.0 Å². The summed E-state index contributed by atoms with van der Waals surface area (Å²) in [6.45, 7) is 0. The van der Waals surface area contributed by atoms with Gasteiger partial charge in [-0.1, -0.05) is 42.3 Å². The molecule has 2 aromatic carbocycles. The predicted octanol–water partition coefficient (Wildman–Crippen LogP) is 2.73. The van der Waals surface area contributed by atoms with E-state index in [1.165, 1.54) is 10.8 Å². The van der Waals surface area contributed by atoms with Crippen molar-refractivity contribution in [3.8, 4) is 12.3 Å². The molecule has 0 bridgehead atoms. The highest BCUT2D eigenvalue weighted by Gasteiger charge is 2.04. The van der Waals surface area contributed by atoms with E-state index in [9.17, 15) is 0 Å². The fourth-order valence-electron chi connectivity index (χ4n) is 1.73. The van der Waals surface area contributed by atoms with E-state index in [0.717, 1.165) is 5.56 Å². The van der Waals surface area contributed by atoms with Gasteiger partial charge in [-0.2, -0.15) is 0 Å². The second-order valence-electron chi connectivity index (χ2n) is 3.49. The van der Waals surface area contributed by atoms with Crippen molar-refractivity contribution >= 4 is 10.8 Å². The summed E-state index contributed by atoms with van der Waals surface area (Å²) in [4.78, 5) is 0. The number of fused-ring (bicyclic) bond motifs is 1. The van der Waals surface area contributed by atoms with Gasteiger partial charge >= 0.3 is 0 Å². The highest BCUT2D eigenvalue weighted by atomic mass is 14.9. The van der Waals surface area contributed by atoms with Gasteiger partial charge < -0.3 is 5.32 Å². The Morgan fingerprint density at radius 3 is 2.53 bits per heavy atom. The van der Waals surface area contributed by atoms with Crippen molar-refractivity contribution in [3.05, 3.63) is 48.0 Å². The van der Waals surface area contributed by atoms with E-state index >= 15 is 0 Å². The summed E-state index contributed by atoms with van der Waals surface area (Å²) in [6.07, 6.45) is 5.45. The Kier molecular flexibility index (Phi) is 2.71. The van der Waals surface area contributed by atoms with Crippen LogP contribution in [0.3, 0.4) is 0 Å². The maximum atomic E-state index is 5.45. The first-order valence-electron chi connectivity index (χ1n) is 4.97. The standard InChI is InChI=1S/C14H13N/c1-3-14(15-2)13-9-8-11-6-4-5-7-12(11)10-13/h1,4-10,14-15H,2H3. The molecule has 1 nitrogen and oxygen atoms in total. The van der Waals surface area contributed by atoms with Crippen molar-refractivity contribution in [1.82, 2.24) is 5.32 Å². The molecule has 1 heteroatoms. The van der Waals surface area contributed by atoms with Crippen LogP contribution in [0.15, 0.2) is 42.5 Å². The van der Waals surface area contributed by atoms with E-state index < -0.39 is 0 Å². The molecule has 0 aromatic heterocycles. The third-order valence-corrected chi connectivity index (χ3v) is 2.56. The van der Waals surface area contributed by atoms with E-state index in [1.807, 2.05) is 19.2 Å². The molecule has 0 fully saturated rings. The fourth-order valence-corrected chi connectivity index (χ4v) is 1.73. The van der Waals surface area contributed by atoms with Gasteiger partial charge in [-0.15, -0.1) is 6.42 Å². The van der Waals surface area contributed by atoms with Gasteiger partial charge in [0.05, 0.1) is 6.04 Å². The lowest BCUT2D eigenvalue weighted by Crippen LogP contribution is -2.13. The van der Waals surface area contributed by atoms with E-state index in [0.29, 0.717) is 0 Å². The number of terminal acetylenes is 1. The maximum Gasteiger partial charge on any atom is 0.0941 e. The number of benzene rings is 2. The summed E-state index contributed by atoms with van der Waals surface area (Å²) in [5.41, 5.74) is 1.14. The Morgan fingerprint density at radius 1 is 1.13 bits per heavy atom. The lowest BCUT2D eigenvalue weighted by molar-refractivity contribution is 0.738.